The highest BCUT2D eigenvalue weighted by Crippen LogP contribution is 2.31. The Labute approximate surface area is 141 Å². The summed E-state index contributed by atoms with van der Waals surface area (Å²) in [6.07, 6.45) is 4.50. The summed E-state index contributed by atoms with van der Waals surface area (Å²) in [4.78, 5) is 0. The number of fused-ring (bicyclic) bond motifs is 1. The van der Waals surface area contributed by atoms with Crippen molar-refractivity contribution in [1.29, 1.82) is 0 Å². The van der Waals surface area contributed by atoms with Crippen LogP contribution in [-0.2, 0) is 6.42 Å². The van der Waals surface area contributed by atoms with Crippen LogP contribution in [0, 0.1) is 0 Å². The average Bonchev–Trinajstić information content (AvgIpc) is 2.54. The Balaban J connectivity index is 2.15. The predicted octanol–water partition coefficient (Wildman–Crippen LogP) is 5.74. The van der Waals surface area contributed by atoms with E-state index in [9.17, 15) is 0 Å². The van der Waals surface area contributed by atoms with Gasteiger partial charge in [-0.15, -0.1) is 0 Å². The zero-order chi connectivity index (χ0) is 15.8. The van der Waals surface area contributed by atoms with Crippen molar-refractivity contribution < 1.29 is 9.47 Å². The molecule has 0 aliphatic heterocycles. The number of aryl methyl sites for hydroxylation is 1. The van der Waals surface area contributed by atoms with Gasteiger partial charge in [-0.05, 0) is 61.6 Å². The lowest BCUT2D eigenvalue weighted by molar-refractivity contribution is 0.304. The standard InChI is InChI=1S/C19H25BrO2/c1-3-17-18-10-9-16(21-4-2)14-15(18)8-11-19(17)22-13-7-5-6-12-20/h8-11,14H,3-7,12-13H2,1-2H3. The number of hydrogen-bond donors (Lipinski definition) is 0. The van der Waals surface area contributed by atoms with E-state index in [0.717, 1.165) is 36.3 Å². The van der Waals surface area contributed by atoms with Crippen molar-refractivity contribution in [1.82, 2.24) is 0 Å². The molecular formula is C19H25BrO2. The number of halogens is 1. The average molecular weight is 365 g/mol. The lowest BCUT2D eigenvalue weighted by Crippen LogP contribution is -2.01. The van der Waals surface area contributed by atoms with Crippen LogP contribution in [0.4, 0.5) is 0 Å². The molecule has 0 radical (unpaired) electrons. The van der Waals surface area contributed by atoms with E-state index in [2.05, 4.69) is 47.1 Å². The molecule has 22 heavy (non-hydrogen) atoms. The fourth-order valence-corrected chi connectivity index (χ4v) is 3.06. The van der Waals surface area contributed by atoms with E-state index in [-0.39, 0.29) is 0 Å². The van der Waals surface area contributed by atoms with Crippen LogP contribution in [0.25, 0.3) is 10.8 Å². The van der Waals surface area contributed by atoms with Crippen LogP contribution in [0.5, 0.6) is 11.5 Å². The van der Waals surface area contributed by atoms with Gasteiger partial charge in [0.05, 0.1) is 13.2 Å². The van der Waals surface area contributed by atoms with Crippen molar-refractivity contribution in [3.05, 3.63) is 35.9 Å². The maximum atomic E-state index is 6.01. The number of benzene rings is 2. The molecule has 2 nitrogen and oxygen atoms in total. The Morgan fingerprint density at radius 2 is 1.82 bits per heavy atom. The van der Waals surface area contributed by atoms with Crippen molar-refractivity contribution in [2.24, 2.45) is 0 Å². The lowest BCUT2D eigenvalue weighted by atomic mass is 10.0. The molecule has 0 fully saturated rings. The molecule has 3 heteroatoms. The van der Waals surface area contributed by atoms with Crippen LogP contribution >= 0.6 is 15.9 Å². The van der Waals surface area contributed by atoms with Crippen LogP contribution in [0.1, 0.15) is 38.7 Å². The van der Waals surface area contributed by atoms with Gasteiger partial charge in [0.2, 0.25) is 0 Å². The highest BCUT2D eigenvalue weighted by molar-refractivity contribution is 9.09. The summed E-state index contributed by atoms with van der Waals surface area (Å²) in [6.45, 7) is 5.68. The Morgan fingerprint density at radius 3 is 2.55 bits per heavy atom. The van der Waals surface area contributed by atoms with E-state index in [1.165, 1.54) is 29.2 Å². The summed E-state index contributed by atoms with van der Waals surface area (Å²) < 4.78 is 11.6. The molecule has 0 spiro atoms. The monoisotopic (exact) mass is 364 g/mol. The summed E-state index contributed by atoms with van der Waals surface area (Å²) in [6, 6.07) is 10.5. The quantitative estimate of drug-likeness (QED) is 0.416. The van der Waals surface area contributed by atoms with Gasteiger partial charge in [-0.2, -0.15) is 0 Å². The van der Waals surface area contributed by atoms with Gasteiger partial charge in [0.15, 0.2) is 0 Å². The first-order valence-corrected chi connectivity index (χ1v) is 9.29. The van der Waals surface area contributed by atoms with Crippen LogP contribution in [0.2, 0.25) is 0 Å². The summed E-state index contributed by atoms with van der Waals surface area (Å²) in [5.41, 5.74) is 1.29. The molecule has 0 unspecified atom stereocenters. The number of ether oxygens (including phenoxy) is 2. The van der Waals surface area contributed by atoms with Crippen LogP contribution in [0.3, 0.4) is 0 Å². The van der Waals surface area contributed by atoms with E-state index >= 15 is 0 Å². The molecule has 0 aliphatic rings. The molecule has 0 N–H and O–H groups in total. The molecule has 0 amide bonds. The van der Waals surface area contributed by atoms with Crippen molar-refractivity contribution in [3.8, 4) is 11.5 Å². The number of alkyl halides is 1. The molecule has 0 saturated carbocycles. The second-order valence-electron chi connectivity index (χ2n) is 5.31. The highest BCUT2D eigenvalue weighted by Gasteiger charge is 2.08. The smallest absolute Gasteiger partial charge is 0.123 e. The lowest BCUT2D eigenvalue weighted by Gasteiger charge is -2.14. The summed E-state index contributed by atoms with van der Waals surface area (Å²) >= 11 is 3.46. The normalized spacial score (nSPS) is 10.9. The molecule has 2 rings (SSSR count). The Bertz CT molecular complexity index is 595. The number of hydrogen-bond acceptors (Lipinski definition) is 2. The van der Waals surface area contributed by atoms with E-state index in [0.29, 0.717) is 6.61 Å². The second-order valence-corrected chi connectivity index (χ2v) is 6.10. The van der Waals surface area contributed by atoms with Crippen LogP contribution in [0.15, 0.2) is 30.3 Å². The van der Waals surface area contributed by atoms with Gasteiger partial charge in [0.1, 0.15) is 11.5 Å². The fourth-order valence-electron chi connectivity index (χ4n) is 2.66. The topological polar surface area (TPSA) is 18.5 Å². The van der Waals surface area contributed by atoms with Crippen molar-refractivity contribution in [3.63, 3.8) is 0 Å². The van der Waals surface area contributed by atoms with Gasteiger partial charge in [0, 0.05) is 10.9 Å². The third-order valence-electron chi connectivity index (χ3n) is 3.76. The largest absolute Gasteiger partial charge is 0.494 e. The van der Waals surface area contributed by atoms with E-state index in [1.807, 2.05) is 13.0 Å². The first kappa shape index (κ1) is 17.1. The molecule has 2 aromatic rings. The minimum atomic E-state index is 0.696. The summed E-state index contributed by atoms with van der Waals surface area (Å²) in [7, 11) is 0. The molecule has 120 valence electrons. The first-order chi connectivity index (χ1) is 10.8. The van der Waals surface area contributed by atoms with Crippen molar-refractivity contribution in [2.75, 3.05) is 18.5 Å². The molecule has 0 bridgehead atoms. The summed E-state index contributed by atoms with van der Waals surface area (Å²) in [5, 5.41) is 3.56. The van der Waals surface area contributed by atoms with Gasteiger partial charge < -0.3 is 9.47 Å². The number of rotatable bonds is 9. The van der Waals surface area contributed by atoms with Crippen molar-refractivity contribution >= 4 is 26.7 Å². The molecule has 0 aromatic heterocycles. The van der Waals surface area contributed by atoms with Gasteiger partial charge >= 0.3 is 0 Å². The van der Waals surface area contributed by atoms with Gasteiger partial charge in [0.25, 0.3) is 0 Å². The van der Waals surface area contributed by atoms with Crippen molar-refractivity contribution in [2.45, 2.75) is 39.5 Å². The molecule has 0 atom stereocenters. The molecule has 0 heterocycles. The Kier molecular flexibility index (Phi) is 7.04. The first-order valence-electron chi connectivity index (χ1n) is 8.17. The van der Waals surface area contributed by atoms with E-state index in [1.54, 1.807) is 0 Å². The number of unbranched alkanes of at least 4 members (excludes halogenated alkanes) is 2. The third kappa shape index (κ3) is 4.39. The summed E-state index contributed by atoms with van der Waals surface area (Å²) in [5.74, 6) is 1.96. The SMILES string of the molecule is CCOc1ccc2c(CC)c(OCCCCCBr)ccc2c1. The zero-order valence-corrected chi connectivity index (χ0v) is 15.1. The predicted molar refractivity (Wildman–Crippen MR) is 97.6 cm³/mol. The molecule has 0 aliphatic carbocycles. The van der Waals surface area contributed by atoms with Gasteiger partial charge in [-0.1, -0.05) is 35.0 Å². The molecular weight excluding hydrogens is 340 g/mol. The second kappa shape index (κ2) is 9.04. The maximum absolute atomic E-state index is 6.01. The highest BCUT2D eigenvalue weighted by atomic mass is 79.9. The van der Waals surface area contributed by atoms with Crippen LogP contribution < -0.4 is 9.47 Å². The molecule has 0 saturated heterocycles. The Hall–Kier alpha value is -1.22. The van der Waals surface area contributed by atoms with E-state index < -0.39 is 0 Å². The van der Waals surface area contributed by atoms with E-state index in [4.69, 9.17) is 9.47 Å². The van der Waals surface area contributed by atoms with Crippen LogP contribution in [-0.4, -0.2) is 18.5 Å². The van der Waals surface area contributed by atoms with Gasteiger partial charge in [-0.25, -0.2) is 0 Å². The minimum absolute atomic E-state index is 0.696. The third-order valence-corrected chi connectivity index (χ3v) is 4.32. The minimum Gasteiger partial charge on any atom is -0.494 e. The molecule has 2 aromatic carbocycles. The Morgan fingerprint density at radius 1 is 0.955 bits per heavy atom. The fraction of sp³-hybridized carbons (Fsp3) is 0.474. The van der Waals surface area contributed by atoms with Gasteiger partial charge in [-0.3, -0.25) is 0 Å². The zero-order valence-electron chi connectivity index (χ0n) is 13.5. The maximum Gasteiger partial charge on any atom is 0.123 e.